The van der Waals surface area contributed by atoms with E-state index in [1.54, 1.807) is 0 Å². The molecule has 0 amide bonds. The second-order valence-corrected chi connectivity index (χ2v) is 5.78. The fourth-order valence-electron chi connectivity index (χ4n) is 1.33. The number of aromatic nitrogens is 2. The molecule has 1 aliphatic rings. The lowest BCUT2D eigenvalue weighted by Crippen LogP contribution is -2.19. The van der Waals surface area contributed by atoms with Crippen molar-refractivity contribution in [3.63, 3.8) is 0 Å². The van der Waals surface area contributed by atoms with E-state index >= 15 is 0 Å². The van der Waals surface area contributed by atoms with E-state index < -0.39 is 10.8 Å². The summed E-state index contributed by atoms with van der Waals surface area (Å²) in [5.74, 6) is 1.46. The predicted octanol–water partition coefficient (Wildman–Crippen LogP) is -0.0367. The van der Waals surface area contributed by atoms with Gasteiger partial charge >= 0.3 is 0 Å². The third kappa shape index (κ3) is 2.28. The Morgan fingerprint density at radius 3 is 3.07 bits per heavy atom. The molecule has 0 radical (unpaired) electrons. The van der Waals surface area contributed by atoms with E-state index in [0.717, 1.165) is 12.2 Å². The van der Waals surface area contributed by atoms with Crippen LogP contribution in [-0.4, -0.2) is 37.1 Å². The summed E-state index contributed by atoms with van der Waals surface area (Å²) in [6.07, 6.45) is 0.917. The van der Waals surface area contributed by atoms with Crippen LogP contribution >= 0.6 is 11.3 Å². The van der Waals surface area contributed by atoms with E-state index in [1.807, 2.05) is 0 Å². The molecule has 2 heterocycles. The monoisotopic (exact) mass is 233 g/mol. The van der Waals surface area contributed by atoms with Gasteiger partial charge in [0.1, 0.15) is 5.01 Å². The number of anilines is 1. The predicted molar refractivity (Wildman–Crippen MR) is 55.7 cm³/mol. The summed E-state index contributed by atoms with van der Waals surface area (Å²) in [5, 5.41) is 20.9. The highest BCUT2D eigenvalue weighted by molar-refractivity contribution is 7.85. The fraction of sp³-hybridized carbons (Fsp3) is 0.714. The van der Waals surface area contributed by atoms with E-state index in [0.29, 0.717) is 15.9 Å². The first-order chi connectivity index (χ1) is 6.78. The van der Waals surface area contributed by atoms with Gasteiger partial charge in [-0.1, -0.05) is 11.3 Å². The van der Waals surface area contributed by atoms with Crippen molar-refractivity contribution >= 4 is 27.3 Å². The molecule has 1 fully saturated rings. The highest BCUT2D eigenvalue weighted by Gasteiger charge is 2.21. The molecule has 2 unspecified atom stereocenters. The molecule has 1 aromatic heterocycles. The summed E-state index contributed by atoms with van der Waals surface area (Å²) in [5.41, 5.74) is 0. The molecule has 2 N–H and O–H groups in total. The molecule has 2 rings (SSSR count). The molecule has 0 saturated carbocycles. The highest BCUT2D eigenvalue weighted by atomic mass is 32.2. The maximum Gasteiger partial charge on any atom is 0.206 e. The van der Waals surface area contributed by atoms with Crippen molar-refractivity contribution < 1.29 is 9.32 Å². The number of aliphatic hydroxyl groups is 1. The summed E-state index contributed by atoms with van der Waals surface area (Å²) in [6, 6.07) is 0.246. The van der Waals surface area contributed by atoms with Gasteiger partial charge in [-0.05, 0) is 6.42 Å². The zero-order valence-corrected chi connectivity index (χ0v) is 9.11. The van der Waals surface area contributed by atoms with Crippen molar-refractivity contribution in [2.75, 3.05) is 16.8 Å². The van der Waals surface area contributed by atoms with Crippen LogP contribution in [0.1, 0.15) is 11.4 Å². The number of nitrogens with one attached hydrogen (secondary N) is 1. The quantitative estimate of drug-likeness (QED) is 0.766. The van der Waals surface area contributed by atoms with Crippen molar-refractivity contribution in [2.24, 2.45) is 0 Å². The van der Waals surface area contributed by atoms with Crippen LogP contribution in [0.15, 0.2) is 0 Å². The summed E-state index contributed by atoms with van der Waals surface area (Å²) < 4.78 is 11.1. The minimum atomic E-state index is -0.677. The van der Waals surface area contributed by atoms with Gasteiger partial charge in [-0.15, -0.1) is 10.2 Å². The van der Waals surface area contributed by atoms with Crippen LogP contribution in [0.25, 0.3) is 0 Å². The van der Waals surface area contributed by atoms with Crippen molar-refractivity contribution in [2.45, 2.75) is 19.1 Å². The van der Waals surface area contributed by atoms with Crippen LogP contribution in [0.2, 0.25) is 0 Å². The van der Waals surface area contributed by atoms with Crippen LogP contribution < -0.4 is 5.32 Å². The molecular formula is C7H11N3O2S2. The molecule has 0 bridgehead atoms. The van der Waals surface area contributed by atoms with Gasteiger partial charge in [-0.3, -0.25) is 4.21 Å². The van der Waals surface area contributed by atoms with Crippen LogP contribution in [0.3, 0.4) is 0 Å². The topological polar surface area (TPSA) is 75.1 Å². The Labute approximate surface area is 88.0 Å². The summed E-state index contributed by atoms with van der Waals surface area (Å²) in [6.45, 7) is -0.0735. The fourth-order valence-corrected chi connectivity index (χ4v) is 3.42. The Morgan fingerprint density at radius 2 is 2.50 bits per heavy atom. The second kappa shape index (κ2) is 4.33. The molecule has 0 aliphatic carbocycles. The Hall–Kier alpha value is -0.530. The lowest BCUT2D eigenvalue weighted by atomic mass is 10.3. The number of aliphatic hydroxyl groups excluding tert-OH is 1. The zero-order chi connectivity index (χ0) is 9.97. The van der Waals surface area contributed by atoms with E-state index in [4.69, 9.17) is 5.11 Å². The second-order valence-electron chi connectivity index (χ2n) is 3.10. The molecule has 0 spiro atoms. The minimum Gasteiger partial charge on any atom is -0.389 e. The highest BCUT2D eigenvalue weighted by Crippen LogP contribution is 2.19. The number of rotatable bonds is 3. The van der Waals surface area contributed by atoms with Crippen molar-refractivity contribution in [1.29, 1.82) is 0 Å². The van der Waals surface area contributed by atoms with E-state index in [-0.39, 0.29) is 12.6 Å². The lowest BCUT2D eigenvalue weighted by Gasteiger charge is -2.07. The van der Waals surface area contributed by atoms with Crippen LogP contribution in [-0.2, 0) is 17.4 Å². The molecule has 5 nitrogen and oxygen atoms in total. The summed E-state index contributed by atoms with van der Waals surface area (Å²) >= 11 is 1.34. The third-order valence-electron chi connectivity index (χ3n) is 2.01. The van der Waals surface area contributed by atoms with Crippen molar-refractivity contribution in [1.82, 2.24) is 10.2 Å². The normalized spacial score (nSPS) is 26.6. The standard InChI is InChI=1S/C7H11N3O2S2/c11-3-6-9-10-7(13-6)8-5-1-2-14(12)4-5/h5,11H,1-4H2,(H,8,10). The summed E-state index contributed by atoms with van der Waals surface area (Å²) in [7, 11) is -0.677. The zero-order valence-electron chi connectivity index (χ0n) is 7.47. The summed E-state index contributed by atoms with van der Waals surface area (Å²) in [4.78, 5) is 0. The average molecular weight is 233 g/mol. The van der Waals surface area contributed by atoms with Crippen LogP contribution in [0.4, 0.5) is 5.13 Å². The number of nitrogens with zero attached hydrogens (tertiary/aromatic N) is 2. The molecule has 2 atom stereocenters. The average Bonchev–Trinajstić information content (AvgIpc) is 2.76. The van der Waals surface area contributed by atoms with E-state index in [2.05, 4.69) is 15.5 Å². The molecule has 1 aromatic rings. The Bertz CT molecular complexity index is 341. The van der Waals surface area contributed by atoms with Crippen molar-refractivity contribution in [3.05, 3.63) is 5.01 Å². The largest absolute Gasteiger partial charge is 0.389 e. The molecule has 0 aromatic carbocycles. The maximum absolute atomic E-state index is 11.1. The minimum absolute atomic E-state index is 0.0735. The van der Waals surface area contributed by atoms with E-state index in [9.17, 15) is 4.21 Å². The third-order valence-corrected chi connectivity index (χ3v) is 4.32. The van der Waals surface area contributed by atoms with Gasteiger partial charge in [-0.25, -0.2) is 0 Å². The van der Waals surface area contributed by atoms with Gasteiger partial charge < -0.3 is 10.4 Å². The van der Waals surface area contributed by atoms with Gasteiger partial charge in [-0.2, -0.15) is 0 Å². The Kier molecular flexibility index (Phi) is 3.09. The maximum atomic E-state index is 11.1. The first-order valence-corrected chi connectivity index (χ1v) is 6.63. The van der Waals surface area contributed by atoms with Gasteiger partial charge in [0.05, 0.1) is 6.61 Å². The SMILES string of the molecule is O=S1CCC(Nc2nnc(CO)s2)C1. The molecule has 78 valence electrons. The van der Waals surface area contributed by atoms with Gasteiger partial charge in [0, 0.05) is 28.3 Å². The van der Waals surface area contributed by atoms with Gasteiger partial charge in [0.25, 0.3) is 0 Å². The van der Waals surface area contributed by atoms with Crippen molar-refractivity contribution in [3.8, 4) is 0 Å². The molecule has 14 heavy (non-hydrogen) atoms. The van der Waals surface area contributed by atoms with Crippen LogP contribution in [0.5, 0.6) is 0 Å². The molecule has 1 aliphatic heterocycles. The van der Waals surface area contributed by atoms with E-state index in [1.165, 1.54) is 11.3 Å². The smallest absolute Gasteiger partial charge is 0.206 e. The van der Waals surface area contributed by atoms with Crippen LogP contribution in [0, 0.1) is 0 Å². The van der Waals surface area contributed by atoms with Gasteiger partial charge in [0.15, 0.2) is 0 Å². The number of hydrogen-bond acceptors (Lipinski definition) is 6. The number of hydrogen-bond donors (Lipinski definition) is 2. The molecule has 1 saturated heterocycles. The Morgan fingerprint density at radius 1 is 1.64 bits per heavy atom. The lowest BCUT2D eigenvalue weighted by molar-refractivity contribution is 0.280. The molecular weight excluding hydrogens is 222 g/mol. The molecule has 7 heteroatoms. The Balaban J connectivity index is 1.93. The first-order valence-electron chi connectivity index (χ1n) is 4.32. The van der Waals surface area contributed by atoms with Gasteiger partial charge in [0.2, 0.25) is 5.13 Å². The first kappa shape index (κ1) is 10.0.